The topological polar surface area (TPSA) is 45.5 Å². The van der Waals surface area contributed by atoms with Gasteiger partial charge in [0.2, 0.25) is 5.91 Å². The predicted octanol–water partition coefficient (Wildman–Crippen LogP) is 3.82. The van der Waals surface area contributed by atoms with Crippen molar-refractivity contribution in [3.63, 3.8) is 0 Å². The summed E-state index contributed by atoms with van der Waals surface area (Å²) in [6.45, 7) is 5.41. The number of hydrogen-bond acceptors (Lipinski definition) is 2. The highest BCUT2D eigenvalue weighted by molar-refractivity contribution is 5.98. The van der Waals surface area contributed by atoms with Crippen molar-refractivity contribution >= 4 is 22.7 Å². The Bertz CT molecular complexity index is 887. The lowest BCUT2D eigenvalue weighted by atomic mass is 9.73. The van der Waals surface area contributed by atoms with Gasteiger partial charge in [-0.05, 0) is 37.8 Å². The van der Waals surface area contributed by atoms with Gasteiger partial charge in [-0.3, -0.25) is 9.59 Å². The van der Waals surface area contributed by atoms with Crippen LogP contribution in [-0.4, -0.2) is 52.4 Å². The second-order valence-electron chi connectivity index (χ2n) is 8.65. The average Bonchev–Trinajstić information content (AvgIpc) is 3.05. The molecular weight excluding hydrogens is 350 g/mol. The molecule has 1 atom stereocenters. The number of fused-ring (bicyclic) bond motifs is 1. The highest BCUT2D eigenvalue weighted by atomic mass is 16.2. The second-order valence-corrected chi connectivity index (χ2v) is 8.65. The summed E-state index contributed by atoms with van der Waals surface area (Å²) >= 11 is 0. The first-order valence-corrected chi connectivity index (χ1v) is 10.6. The molecule has 28 heavy (non-hydrogen) atoms. The smallest absolute Gasteiger partial charge is 0.270 e. The molecule has 0 unspecified atom stereocenters. The van der Waals surface area contributed by atoms with Crippen molar-refractivity contribution in [2.75, 3.05) is 26.2 Å². The summed E-state index contributed by atoms with van der Waals surface area (Å²) < 4.78 is 2.01. The zero-order chi connectivity index (χ0) is 19.7. The summed E-state index contributed by atoms with van der Waals surface area (Å²) in [5.41, 5.74) is 1.92. The highest BCUT2D eigenvalue weighted by Gasteiger charge is 2.42. The summed E-state index contributed by atoms with van der Waals surface area (Å²) in [5.74, 6) is 0.408. The van der Waals surface area contributed by atoms with Crippen LogP contribution in [0.15, 0.2) is 30.3 Å². The molecule has 0 radical (unpaired) electrons. The summed E-state index contributed by atoms with van der Waals surface area (Å²) in [5, 5.41) is 1.11. The van der Waals surface area contributed by atoms with Gasteiger partial charge in [0.05, 0.1) is 0 Å². The third kappa shape index (κ3) is 3.43. The molecule has 2 aliphatic rings. The third-order valence-electron chi connectivity index (χ3n) is 6.65. The van der Waals surface area contributed by atoms with E-state index in [9.17, 15) is 9.59 Å². The van der Waals surface area contributed by atoms with Crippen molar-refractivity contribution in [1.82, 2.24) is 14.4 Å². The number of likely N-dealkylation sites (tertiary alicyclic amines) is 2. The molecule has 0 bridgehead atoms. The van der Waals surface area contributed by atoms with Gasteiger partial charge < -0.3 is 14.4 Å². The molecule has 2 aliphatic heterocycles. The minimum absolute atomic E-state index is 0.0696. The Kier molecular flexibility index (Phi) is 5.17. The molecule has 3 heterocycles. The molecule has 2 saturated heterocycles. The fourth-order valence-electron chi connectivity index (χ4n) is 5.03. The van der Waals surface area contributed by atoms with E-state index < -0.39 is 0 Å². The molecule has 1 aromatic heterocycles. The van der Waals surface area contributed by atoms with Crippen LogP contribution in [0.3, 0.4) is 0 Å². The van der Waals surface area contributed by atoms with Gasteiger partial charge in [0.25, 0.3) is 5.91 Å². The van der Waals surface area contributed by atoms with Crippen molar-refractivity contribution in [2.24, 2.45) is 12.5 Å². The van der Waals surface area contributed by atoms with Crippen molar-refractivity contribution in [2.45, 2.75) is 45.4 Å². The number of carbonyl (C=O) groups is 2. The van der Waals surface area contributed by atoms with E-state index in [1.165, 1.54) is 0 Å². The van der Waals surface area contributed by atoms with Crippen molar-refractivity contribution in [3.05, 3.63) is 36.0 Å². The first-order chi connectivity index (χ1) is 13.5. The van der Waals surface area contributed by atoms with E-state index in [1.54, 1.807) is 0 Å². The van der Waals surface area contributed by atoms with Crippen LogP contribution in [0.4, 0.5) is 0 Å². The molecule has 4 rings (SSSR count). The minimum Gasteiger partial charge on any atom is -0.342 e. The summed E-state index contributed by atoms with van der Waals surface area (Å²) in [7, 11) is 1.97. The molecule has 150 valence electrons. The standard InChI is InChI=1S/C23H31N3O2/c1-3-4-13-25-16-23(12-10-21(25)27)11-7-14-26(17-23)22(28)20-15-18-8-5-6-9-19(18)24(20)2/h5-6,8-9,15H,3-4,7,10-14,16-17H2,1-2H3/t23-/m1/s1. The van der Waals surface area contributed by atoms with E-state index >= 15 is 0 Å². The van der Waals surface area contributed by atoms with Gasteiger partial charge in [-0.2, -0.15) is 0 Å². The number of para-hydroxylation sites is 1. The van der Waals surface area contributed by atoms with Gasteiger partial charge in [0, 0.05) is 56.0 Å². The van der Waals surface area contributed by atoms with E-state index in [1.807, 2.05) is 34.7 Å². The van der Waals surface area contributed by atoms with E-state index in [0.717, 1.165) is 74.9 Å². The van der Waals surface area contributed by atoms with Crippen LogP contribution in [0.25, 0.3) is 10.9 Å². The lowest BCUT2D eigenvalue weighted by Gasteiger charge is -2.48. The van der Waals surface area contributed by atoms with Crippen LogP contribution in [0, 0.1) is 5.41 Å². The molecule has 1 spiro atoms. The lowest BCUT2D eigenvalue weighted by Crippen LogP contribution is -2.55. The number of unbranched alkanes of at least 4 members (excludes halogenated alkanes) is 1. The number of aromatic nitrogens is 1. The normalized spacial score (nSPS) is 23.0. The van der Waals surface area contributed by atoms with Crippen LogP contribution in [0.5, 0.6) is 0 Å². The Labute approximate surface area is 167 Å². The zero-order valence-electron chi connectivity index (χ0n) is 17.1. The maximum absolute atomic E-state index is 13.4. The second kappa shape index (κ2) is 7.61. The number of nitrogens with zero attached hydrogens (tertiary/aromatic N) is 3. The number of rotatable bonds is 4. The summed E-state index contributed by atoms with van der Waals surface area (Å²) in [6.07, 6.45) is 5.82. The Morgan fingerprint density at radius 2 is 2.00 bits per heavy atom. The van der Waals surface area contributed by atoms with Crippen LogP contribution in [0.1, 0.15) is 55.9 Å². The van der Waals surface area contributed by atoms with E-state index in [0.29, 0.717) is 6.42 Å². The number of amides is 2. The van der Waals surface area contributed by atoms with E-state index in [2.05, 4.69) is 24.0 Å². The molecule has 2 aromatic rings. The lowest BCUT2D eigenvalue weighted by molar-refractivity contribution is -0.139. The number of carbonyl (C=O) groups excluding carboxylic acids is 2. The van der Waals surface area contributed by atoms with Gasteiger partial charge in [-0.25, -0.2) is 0 Å². The Morgan fingerprint density at radius 3 is 2.79 bits per heavy atom. The monoisotopic (exact) mass is 381 g/mol. The number of benzene rings is 1. The van der Waals surface area contributed by atoms with Gasteiger partial charge in [0.15, 0.2) is 0 Å². The van der Waals surface area contributed by atoms with Gasteiger partial charge in [-0.1, -0.05) is 31.5 Å². The van der Waals surface area contributed by atoms with E-state index in [-0.39, 0.29) is 17.2 Å². The number of aryl methyl sites for hydroxylation is 1. The first-order valence-electron chi connectivity index (χ1n) is 10.6. The summed E-state index contributed by atoms with van der Waals surface area (Å²) in [4.78, 5) is 29.8. The Morgan fingerprint density at radius 1 is 1.18 bits per heavy atom. The van der Waals surface area contributed by atoms with Crippen LogP contribution in [-0.2, 0) is 11.8 Å². The fraction of sp³-hybridized carbons (Fsp3) is 0.565. The first kappa shape index (κ1) is 19.0. The fourth-order valence-corrected chi connectivity index (χ4v) is 5.03. The van der Waals surface area contributed by atoms with Gasteiger partial charge in [-0.15, -0.1) is 0 Å². The quantitative estimate of drug-likeness (QED) is 0.808. The Balaban J connectivity index is 1.53. The molecule has 0 saturated carbocycles. The third-order valence-corrected chi connectivity index (χ3v) is 6.65. The number of piperidine rings is 2. The van der Waals surface area contributed by atoms with Crippen molar-refractivity contribution in [3.8, 4) is 0 Å². The number of hydrogen-bond donors (Lipinski definition) is 0. The molecule has 2 fully saturated rings. The minimum atomic E-state index is 0.0696. The summed E-state index contributed by atoms with van der Waals surface area (Å²) in [6, 6.07) is 10.1. The zero-order valence-corrected chi connectivity index (χ0v) is 17.1. The van der Waals surface area contributed by atoms with Gasteiger partial charge in [0.1, 0.15) is 5.69 Å². The molecule has 0 N–H and O–H groups in total. The molecule has 2 amide bonds. The SMILES string of the molecule is CCCCN1C[C@@]2(CCCN(C(=O)c3cc4ccccc4n3C)C2)CCC1=O. The van der Waals surface area contributed by atoms with Gasteiger partial charge >= 0.3 is 0 Å². The highest BCUT2D eigenvalue weighted by Crippen LogP contribution is 2.39. The molecule has 5 nitrogen and oxygen atoms in total. The van der Waals surface area contributed by atoms with E-state index in [4.69, 9.17) is 0 Å². The predicted molar refractivity (Wildman–Crippen MR) is 111 cm³/mol. The maximum atomic E-state index is 13.4. The van der Waals surface area contributed by atoms with Crippen LogP contribution < -0.4 is 0 Å². The largest absolute Gasteiger partial charge is 0.342 e. The molecule has 0 aliphatic carbocycles. The van der Waals surface area contributed by atoms with Crippen molar-refractivity contribution < 1.29 is 9.59 Å². The molecular formula is C23H31N3O2. The van der Waals surface area contributed by atoms with Crippen LogP contribution >= 0.6 is 0 Å². The molecule has 1 aromatic carbocycles. The van der Waals surface area contributed by atoms with Crippen LogP contribution in [0.2, 0.25) is 0 Å². The Hall–Kier alpha value is -2.30. The average molecular weight is 382 g/mol. The maximum Gasteiger partial charge on any atom is 0.270 e. The molecule has 5 heteroatoms. The van der Waals surface area contributed by atoms with Crippen molar-refractivity contribution in [1.29, 1.82) is 0 Å².